The molecule has 0 aliphatic carbocycles. The van der Waals surface area contributed by atoms with Crippen LogP contribution in [0.1, 0.15) is 0 Å². The van der Waals surface area contributed by atoms with Gasteiger partial charge in [0.15, 0.2) is 6.54 Å². The van der Waals surface area contributed by atoms with Crippen molar-refractivity contribution in [3.8, 4) is 0 Å². The summed E-state index contributed by atoms with van der Waals surface area (Å²) >= 11 is 11.7. The largest absolute Gasteiger partial charge is 0.323 e. The molecule has 1 heterocycles. The molecule has 0 atom stereocenters. The normalized spacial score (nSPS) is 9.84. The van der Waals surface area contributed by atoms with Crippen LogP contribution in [0.5, 0.6) is 0 Å². The third-order valence-corrected chi connectivity index (χ3v) is 3.09. The lowest BCUT2D eigenvalue weighted by Crippen LogP contribution is -2.25. The Morgan fingerprint density at radius 2 is 2.11 bits per heavy atom. The number of halogens is 3. The predicted octanol–water partition coefficient (Wildman–Crippen LogP) is 2.68. The highest BCUT2D eigenvalue weighted by Gasteiger charge is 2.09. The lowest BCUT2D eigenvalue weighted by molar-refractivity contribution is -0.671. The number of aryl methyl sites for hydroxylation is 1. The molecule has 1 amide bonds. The first-order valence-electron chi connectivity index (χ1n) is 5.30. The highest BCUT2D eigenvalue weighted by molar-refractivity contribution is 6.42. The first kappa shape index (κ1) is 15.8. The Labute approximate surface area is 127 Å². The summed E-state index contributed by atoms with van der Waals surface area (Å²) in [5.74, 6) is -0.121. The van der Waals surface area contributed by atoms with E-state index in [0.29, 0.717) is 15.7 Å². The number of benzene rings is 1. The number of rotatable bonds is 3. The maximum Gasteiger partial charge on any atom is 0.266 e. The number of carbonyl (C=O) groups is 1. The zero-order chi connectivity index (χ0) is 13.1. The van der Waals surface area contributed by atoms with Gasteiger partial charge in [-0.15, -0.1) is 12.4 Å². The van der Waals surface area contributed by atoms with Gasteiger partial charge in [-0.3, -0.25) is 4.79 Å². The van der Waals surface area contributed by atoms with Crippen molar-refractivity contribution in [1.82, 2.24) is 4.57 Å². The number of carbonyl (C=O) groups excluding carboxylic acids is 1. The average molecular weight is 322 g/mol. The average Bonchev–Trinajstić information content (AvgIpc) is 2.69. The molecule has 0 unspecified atom stereocenters. The van der Waals surface area contributed by atoms with Crippen molar-refractivity contribution < 1.29 is 9.36 Å². The van der Waals surface area contributed by atoms with Crippen LogP contribution in [0.15, 0.2) is 36.9 Å². The Hall–Kier alpha value is -1.23. The molecule has 1 aromatic carbocycles. The molecule has 2 rings (SSSR count). The van der Waals surface area contributed by atoms with Crippen LogP contribution < -0.4 is 9.88 Å². The molecule has 1 N–H and O–H groups in total. The second kappa shape index (κ2) is 6.80. The summed E-state index contributed by atoms with van der Waals surface area (Å²) in [5, 5.41) is 3.64. The summed E-state index contributed by atoms with van der Waals surface area (Å²) in [6, 6.07) is 4.98. The summed E-state index contributed by atoms with van der Waals surface area (Å²) in [6.45, 7) is 0.251. The molecular weight excluding hydrogens is 309 g/mol. The number of hydrogen-bond acceptors (Lipinski definition) is 1. The van der Waals surface area contributed by atoms with Crippen molar-refractivity contribution in [2.24, 2.45) is 7.05 Å². The van der Waals surface area contributed by atoms with E-state index >= 15 is 0 Å². The Morgan fingerprint density at radius 3 is 2.68 bits per heavy atom. The monoisotopic (exact) mass is 320 g/mol. The fraction of sp³-hybridized carbons (Fsp3) is 0.167. The second-order valence-electron chi connectivity index (χ2n) is 3.93. The van der Waals surface area contributed by atoms with E-state index in [1.54, 1.807) is 22.8 Å². The van der Waals surface area contributed by atoms with E-state index in [4.69, 9.17) is 23.2 Å². The Bertz CT molecular complexity index is 583. The van der Waals surface area contributed by atoms with Gasteiger partial charge >= 0.3 is 0 Å². The van der Waals surface area contributed by atoms with E-state index in [-0.39, 0.29) is 24.9 Å². The molecule has 0 aliphatic heterocycles. The highest BCUT2D eigenvalue weighted by Crippen LogP contribution is 2.24. The van der Waals surface area contributed by atoms with Crippen molar-refractivity contribution in [2.45, 2.75) is 6.54 Å². The molecule has 19 heavy (non-hydrogen) atoms. The van der Waals surface area contributed by atoms with Crippen molar-refractivity contribution in [2.75, 3.05) is 5.32 Å². The van der Waals surface area contributed by atoms with Crippen LogP contribution in [0, 0.1) is 0 Å². The fourth-order valence-electron chi connectivity index (χ4n) is 1.54. The molecule has 0 radical (unpaired) electrons. The van der Waals surface area contributed by atoms with Gasteiger partial charge in [-0.1, -0.05) is 23.2 Å². The molecule has 4 nitrogen and oxygen atoms in total. The molecule has 0 saturated heterocycles. The minimum atomic E-state index is -0.121. The number of nitrogens with one attached hydrogen (secondary N) is 1. The summed E-state index contributed by atoms with van der Waals surface area (Å²) in [5.41, 5.74) is 0.630. The molecule has 102 valence electrons. The van der Waals surface area contributed by atoms with Crippen LogP contribution in [-0.2, 0) is 18.4 Å². The fourth-order valence-corrected chi connectivity index (χ4v) is 1.83. The van der Waals surface area contributed by atoms with Gasteiger partial charge in [-0.25, -0.2) is 9.13 Å². The van der Waals surface area contributed by atoms with Crippen LogP contribution in [0.4, 0.5) is 5.69 Å². The van der Waals surface area contributed by atoms with Crippen molar-refractivity contribution in [1.29, 1.82) is 0 Å². The number of aromatic nitrogens is 2. The topological polar surface area (TPSA) is 37.9 Å². The van der Waals surface area contributed by atoms with E-state index < -0.39 is 0 Å². The lowest BCUT2D eigenvalue weighted by Gasteiger charge is -2.04. The predicted molar refractivity (Wildman–Crippen MR) is 77.9 cm³/mol. The number of hydrogen-bond donors (Lipinski definition) is 1. The van der Waals surface area contributed by atoms with E-state index in [1.165, 1.54) is 0 Å². The number of amides is 1. The summed E-state index contributed by atoms with van der Waals surface area (Å²) in [7, 11) is 1.90. The summed E-state index contributed by atoms with van der Waals surface area (Å²) < 4.78 is 3.65. The third-order valence-electron chi connectivity index (χ3n) is 2.35. The first-order chi connectivity index (χ1) is 8.54. The zero-order valence-electron chi connectivity index (χ0n) is 10.1. The second-order valence-corrected chi connectivity index (χ2v) is 4.74. The van der Waals surface area contributed by atoms with Crippen molar-refractivity contribution in [3.05, 3.63) is 47.0 Å². The minimum absolute atomic E-state index is 0. The Balaban J connectivity index is 0.00000180. The van der Waals surface area contributed by atoms with E-state index in [1.807, 2.05) is 30.3 Å². The first-order valence-corrected chi connectivity index (χ1v) is 6.06. The molecular formula is C12H13Cl3N3O+. The SMILES string of the molecule is C[n+]1ccn(CC(=O)Nc2ccc(Cl)c(Cl)c2)c1.Cl. The molecule has 0 bridgehead atoms. The van der Waals surface area contributed by atoms with Gasteiger partial charge in [0.05, 0.1) is 17.1 Å². The lowest BCUT2D eigenvalue weighted by atomic mass is 10.3. The quantitative estimate of drug-likeness (QED) is 0.867. The summed E-state index contributed by atoms with van der Waals surface area (Å²) in [4.78, 5) is 11.8. The maximum atomic E-state index is 11.8. The minimum Gasteiger partial charge on any atom is -0.323 e. The molecule has 0 saturated carbocycles. The van der Waals surface area contributed by atoms with Crippen molar-refractivity contribution >= 4 is 47.2 Å². The third kappa shape index (κ3) is 4.42. The van der Waals surface area contributed by atoms with Crippen LogP contribution in [-0.4, -0.2) is 10.5 Å². The van der Waals surface area contributed by atoms with Crippen LogP contribution >= 0.6 is 35.6 Å². The van der Waals surface area contributed by atoms with Gasteiger partial charge in [-0.05, 0) is 18.2 Å². The smallest absolute Gasteiger partial charge is 0.266 e. The number of nitrogens with zero attached hydrogens (tertiary/aromatic N) is 2. The van der Waals surface area contributed by atoms with Gasteiger partial charge in [-0.2, -0.15) is 0 Å². The van der Waals surface area contributed by atoms with Gasteiger partial charge in [0, 0.05) is 5.69 Å². The maximum absolute atomic E-state index is 11.8. The van der Waals surface area contributed by atoms with Gasteiger partial charge in [0.25, 0.3) is 5.91 Å². The van der Waals surface area contributed by atoms with Gasteiger partial charge in [0.2, 0.25) is 6.33 Å². The van der Waals surface area contributed by atoms with Gasteiger partial charge < -0.3 is 5.32 Å². The van der Waals surface area contributed by atoms with E-state index in [9.17, 15) is 4.79 Å². The van der Waals surface area contributed by atoms with Crippen LogP contribution in [0.2, 0.25) is 10.0 Å². The molecule has 0 aliphatic rings. The van der Waals surface area contributed by atoms with E-state index in [0.717, 1.165) is 0 Å². The number of imidazole rings is 1. The zero-order valence-corrected chi connectivity index (χ0v) is 12.5. The molecule has 2 aromatic rings. The Morgan fingerprint density at radius 1 is 1.37 bits per heavy atom. The molecule has 1 aromatic heterocycles. The van der Waals surface area contributed by atoms with Crippen LogP contribution in [0.25, 0.3) is 0 Å². The Kier molecular flexibility index (Phi) is 5.66. The van der Waals surface area contributed by atoms with Crippen LogP contribution in [0.3, 0.4) is 0 Å². The molecule has 0 spiro atoms. The van der Waals surface area contributed by atoms with E-state index in [2.05, 4.69) is 5.32 Å². The summed E-state index contributed by atoms with van der Waals surface area (Å²) in [6.07, 6.45) is 5.52. The number of anilines is 1. The van der Waals surface area contributed by atoms with Gasteiger partial charge in [0.1, 0.15) is 12.4 Å². The standard InChI is InChI=1S/C12H11Cl2N3O.ClH/c1-16-4-5-17(8-16)7-12(18)15-9-2-3-10(13)11(14)6-9;/h2-6,8H,7H2,1H3;1H/p+1. The highest BCUT2D eigenvalue weighted by atomic mass is 35.5. The van der Waals surface area contributed by atoms with Crippen molar-refractivity contribution in [3.63, 3.8) is 0 Å². The molecule has 0 fully saturated rings. The molecule has 7 heteroatoms.